The quantitative estimate of drug-likeness (QED) is 0.748. The molecule has 0 amide bonds. The molecule has 0 aromatic carbocycles. The van der Waals surface area contributed by atoms with Gasteiger partial charge in [-0.05, 0) is 6.92 Å². The molecule has 0 fully saturated rings. The highest BCUT2D eigenvalue weighted by molar-refractivity contribution is 5.51. The van der Waals surface area contributed by atoms with Crippen LogP contribution in [0.2, 0.25) is 0 Å². The van der Waals surface area contributed by atoms with Gasteiger partial charge in [0.05, 0.1) is 0 Å². The lowest BCUT2D eigenvalue weighted by Gasteiger charge is -1.98. The van der Waals surface area contributed by atoms with Gasteiger partial charge in [-0.3, -0.25) is 0 Å². The number of nitrogen functional groups attached to an aromatic ring is 1. The molecule has 0 saturated heterocycles. The summed E-state index contributed by atoms with van der Waals surface area (Å²) in [4.78, 5) is 4.14. The van der Waals surface area contributed by atoms with E-state index in [-0.39, 0.29) is 0 Å². The highest BCUT2D eigenvalue weighted by Crippen LogP contribution is 2.18. The van der Waals surface area contributed by atoms with E-state index < -0.39 is 0 Å². The summed E-state index contributed by atoms with van der Waals surface area (Å²) < 4.78 is 6.95. The number of anilines is 1. The molecule has 0 bridgehead atoms. The van der Waals surface area contributed by atoms with Crippen LogP contribution in [0.5, 0.6) is 0 Å². The van der Waals surface area contributed by atoms with Crippen LogP contribution in [0.25, 0.3) is 11.6 Å². The highest BCUT2D eigenvalue weighted by Gasteiger charge is 2.09. The molecule has 0 radical (unpaired) electrons. The summed E-state index contributed by atoms with van der Waals surface area (Å²) >= 11 is 0. The summed E-state index contributed by atoms with van der Waals surface area (Å²) in [7, 11) is 0. The van der Waals surface area contributed by atoms with Gasteiger partial charge in [0.25, 0.3) is 0 Å². The van der Waals surface area contributed by atoms with Crippen molar-refractivity contribution in [2.24, 2.45) is 0 Å². The Morgan fingerprint density at radius 1 is 1.62 bits per heavy atom. The SMILES string of the molecule is CCn1ccnc1-c1cc(N)no1. The Morgan fingerprint density at radius 3 is 3.08 bits per heavy atom. The second kappa shape index (κ2) is 2.93. The third-order valence-electron chi connectivity index (χ3n) is 1.80. The van der Waals surface area contributed by atoms with E-state index in [2.05, 4.69) is 10.1 Å². The molecule has 13 heavy (non-hydrogen) atoms. The zero-order chi connectivity index (χ0) is 9.26. The third-order valence-corrected chi connectivity index (χ3v) is 1.80. The van der Waals surface area contributed by atoms with E-state index in [0.29, 0.717) is 11.6 Å². The third kappa shape index (κ3) is 1.28. The molecule has 68 valence electrons. The summed E-state index contributed by atoms with van der Waals surface area (Å²) in [5, 5.41) is 3.60. The van der Waals surface area contributed by atoms with Crippen LogP contribution in [-0.2, 0) is 6.54 Å². The van der Waals surface area contributed by atoms with E-state index in [0.717, 1.165) is 12.4 Å². The van der Waals surface area contributed by atoms with Crippen molar-refractivity contribution in [2.75, 3.05) is 5.73 Å². The van der Waals surface area contributed by atoms with Crippen LogP contribution in [0.4, 0.5) is 5.82 Å². The van der Waals surface area contributed by atoms with E-state index >= 15 is 0 Å². The molecule has 5 nitrogen and oxygen atoms in total. The Morgan fingerprint density at radius 2 is 2.46 bits per heavy atom. The second-order valence-corrected chi connectivity index (χ2v) is 2.65. The van der Waals surface area contributed by atoms with E-state index in [1.807, 2.05) is 17.7 Å². The number of aryl methyl sites for hydroxylation is 1. The van der Waals surface area contributed by atoms with E-state index in [1.54, 1.807) is 12.3 Å². The Kier molecular flexibility index (Phi) is 1.77. The van der Waals surface area contributed by atoms with Gasteiger partial charge in [-0.1, -0.05) is 5.16 Å². The van der Waals surface area contributed by atoms with Crippen LogP contribution in [0, 0.1) is 0 Å². The van der Waals surface area contributed by atoms with Crippen molar-refractivity contribution in [3.8, 4) is 11.6 Å². The van der Waals surface area contributed by atoms with Crippen molar-refractivity contribution in [3.05, 3.63) is 18.5 Å². The molecule has 2 rings (SSSR count). The Hall–Kier alpha value is -1.78. The normalized spacial score (nSPS) is 10.5. The average molecular weight is 178 g/mol. The lowest BCUT2D eigenvalue weighted by molar-refractivity contribution is 0.431. The first-order chi connectivity index (χ1) is 6.31. The summed E-state index contributed by atoms with van der Waals surface area (Å²) in [6, 6.07) is 1.66. The van der Waals surface area contributed by atoms with Crippen molar-refractivity contribution in [1.29, 1.82) is 0 Å². The molecule has 0 saturated carbocycles. The first-order valence-corrected chi connectivity index (χ1v) is 4.05. The fourth-order valence-electron chi connectivity index (χ4n) is 1.18. The highest BCUT2D eigenvalue weighted by atomic mass is 16.5. The monoisotopic (exact) mass is 178 g/mol. The minimum atomic E-state index is 0.376. The predicted molar refractivity (Wildman–Crippen MR) is 47.8 cm³/mol. The first kappa shape index (κ1) is 7.85. The number of imidazole rings is 1. The number of hydrogen-bond donors (Lipinski definition) is 1. The largest absolute Gasteiger partial charge is 0.381 e. The zero-order valence-electron chi connectivity index (χ0n) is 7.27. The van der Waals surface area contributed by atoms with Gasteiger partial charge >= 0.3 is 0 Å². The van der Waals surface area contributed by atoms with Crippen LogP contribution >= 0.6 is 0 Å². The molecule has 0 aliphatic rings. The van der Waals surface area contributed by atoms with Gasteiger partial charge < -0.3 is 14.8 Å². The second-order valence-electron chi connectivity index (χ2n) is 2.65. The molecule has 0 spiro atoms. The Labute approximate surface area is 75.2 Å². The minimum Gasteiger partial charge on any atom is -0.381 e. The fraction of sp³-hybridized carbons (Fsp3) is 0.250. The number of hydrogen-bond acceptors (Lipinski definition) is 4. The average Bonchev–Trinajstić information content (AvgIpc) is 2.71. The number of aromatic nitrogens is 3. The molecular weight excluding hydrogens is 168 g/mol. The van der Waals surface area contributed by atoms with Crippen molar-refractivity contribution in [1.82, 2.24) is 14.7 Å². The van der Waals surface area contributed by atoms with Gasteiger partial charge in [0.1, 0.15) is 0 Å². The van der Waals surface area contributed by atoms with Crippen LogP contribution in [-0.4, -0.2) is 14.7 Å². The van der Waals surface area contributed by atoms with Crippen molar-refractivity contribution < 1.29 is 4.52 Å². The number of nitrogens with zero attached hydrogens (tertiary/aromatic N) is 3. The molecule has 2 heterocycles. The fourth-order valence-corrected chi connectivity index (χ4v) is 1.18. The molecule has 2 aromatic rings. The molecule has 0 aliphatic carbocycles. The molecule has 0 unspecified atom stereocenters. The maximum absolute atomic E-state index is 5.43. The lowest BCUT2D eigenvalue weighted by Crippen LogP contribution is -1.94. The van der Waals surface area contributed by atoms with Gasteiger partial charge in [-0.15, -0.1) is 0 Å². The van der Waals surface area contributed by atoms with Crippen molar-refractivity contribution >= 4 is 5.82 Å². The standard InChI is InChI=1S/C8H10N4O/c1-2-12-4-3-10-8(12)6-5-7(9)11-13-6/h3-5H,2H2,1H3,(H2,9,11). The van der Waals surface area contributed by atoms with E-state index in [4.69, 9.17) is 10.3 Å². The molecular formula is C8H10N4O. The molecule has 2 aromatic heterocycles. The summed E-state index contributed by atoms with van der Waals surface area (Å²) in [5.41, 5.74) is 5.43. The Bertz CT molecular complexity index is 404. The van der Waals surface area contributed by atoms with Crippen LogP contribution in [0.3, 0.4) is 0 Å². The van der Waals surface area contributed by atoms with Gasteiger partial charge in [0.2, 0.25) is 5.76 Å². The van der Waals surface area contributed by atoms with Crippen LogP contribution in [0.15, 0.2) is 23.0 Å². The van der Waals surface area contributed by atoms with Crippen molar-refractivity contribution in [2.45, 2.75) is 13.5 Å². The van der Waals surface area contributed by atoms with Crippen molar-refractivity contribution in [3.63, 3.8) is 0 Å². The number of rotatable bonds is 2. The van der Waals surface area contributed by atoms with Gasteiger partial charge in [0.15, 0.2) is 11.6 Å². The van der Waals surface area contributed by atoms with Crippen LogP contribution in [0.1, 0.15) is 6.92 Å². The van der Waals surface area contributed by atoms with Gasteiger partial charge in [-0.2, -0.15) is 0 Å². The van der Waals surface area contributed by atoms with E-state index in [1.165, 1.54) is 0 Å². The minimum absolute atomic E-state index is 0.376. The molecule has 0 atom stereocenters. The molecule has 5 heteroatoms. The summed E-state index contributed by atoms with van der Waals surface area (Å²) in [6.07, 6.45) is 3.60. The maximum Gasteiger partial charge on any atom is 0.204 e. The smallest absolute Gasteiger partial charge is 0.204 e. The van der Waals surface area contributed by atoms with Gasteiger partial charge in [-0.25, -0.2) is 4.98 Å². The first-order valence-electron chi connectivity index (χ1n) is 4.05. The topological polar surface area (TPSA) is 69.9 Å². The predicted octanol–water partition coefficient (Wildman–Crippen LogP) is 1.14. The van der Waals surface area contributed by atoms with Crippen LogP contribution < -0.4 is 5.73 Å². The summed E-state index contributed by atoms with van der Waals surface area (Å²) in [5.74, 6) is 1.73. The maximum atomic E-state index is 5.43. The van der Waals surface area contributed by atoms with E-state index in [9.17, 15) is 0 Å². The Balaban J connectivity index is 2.45. The zero-order valence-corrected chi connectivity index (χ0v) is 7.27. The summed E-state index contributed by atoms with van der Waals surface area (Å²) in [6.45, 7) is 2.88. The van der Waals surface area contributed by atoms with Gasteiger partial charge in [0, 0.05) is 25.0 Å². The molecule has 0 aliphatic heterocycles. The number of nitrogens with two attached hydrogens (primary N) is 1. The molecule has 2 N–H and O–H groups in total. The lowest BCUT2D eigenvalue weighted by atomic mass is 10.4.